The van der Waals surface area contributed by atoms with Crippen molar-refractivity contribution in [1.29, 1.82) is 0 Å². The zero-order valence-electron chi connectivity index (χ0n) is 7.10. The summed E-state index contributed by atoms with van der Waals surface area (Å²) in [6.45, 7) is 0.390. The monoisotopic (exact) mass is 188 g/mol. The van der Waals surface area contributed by atoms with Gasteiger partial charge in [-0.15, -0.1) is 0 Å². The Bertz CT molecular complexity index is 177. The molecule has 1 aliphatic heterocycles. The van der Waals surface area contributed by atoms with E-state index >= 15 is 0 Å². The summed E-state index contributed by atoms with van der Waals surface area (Å²) >= 11 is 0. The van der Waals surface area contributed by atoms with Crippen LogP contribution in [0.4, 0.5) is 0 Å². The van der Waals surface area contributed by atoms with Crippen LogP contribution in [0, 0.1) is 0 Å². The van der Waals surface area contributed by atoms with Crippen molar-refractivity contribution in [3.8, 4) is 0 Å². The number of carbonyl (C=O) groups is 2. The molecular weight excluding hydrogens is 176 g/mol. The number of hydrogen-bond acceptors (Lipinski definition) is 5. The fraction of sp³-hybridized carbons (Fsp3) is 0.500. The van der Waals surface area contributed by atoms with Gasteiger partial charge in [-0.2, -0.15) is 0 Å². The van der Waals surface area contributed by atoms with E-state index in [2.05, 4.69) is 4.74 Å². The molecule has 0 aromatic carbocycles. The van der Waals surface area contributed by atoms with Crippen LogP contribution in [0.3, 0.4) is 0 Å². The number of aliphatic hydroxyl groups is 2. The van der Waals surface area contributed by atoms with E-state index in [0.29, 0.717) is 0 Å². The number of ether oxygens (including phenoxy) is 1. The Morgan fingerprint density at radius 3 is 1.54 bits per heavy atom. The third-order valence-corrected chi connectivity index (χ3v) is 1.12. The van der Waals surface area contributed by atoms with Gasteiger partial charge in [-0.3, -0.25) is 0 Å². The number of cyclic esters (lactones) is 2. The Balaban J connectivity index is 0.000000226. The van der Waals surface area contributed by atoms with Crippen LogP contribution in [-0.4, -0.2) is 35.4 Å². The molecule has 0 saturated carbocycles. The first kappa shape index (κ1) is 11.8. The Kier molecular flexibility index (Phi) is 6.76. The van der Waals surface area contributed by atoms with Gasteiger partial charge in [0, 0.05) is 25.4 Å². The molecule has 0 aromatic rings. The number of hydrogen-bond donors (Lipinski definition) is 2. The predicted molar refractivity (Wildman–Crippen MR) is 43.6 cm³/mol. The number of aliphatic hydroxyl groups excluding tert-OH is 2. The molecule has 5 heteroatoms. The summed E-state index contributed by atoms with van der Waals surface area (Å²) in [7, 11) is 0. The molecule has 74 valence electrons. The van der Waals surface area contributed by atoms with Gasteiger partial charge in [-0.1, -0.05) is 0 Å². The average molecular weight is 188 g/mol. The Labute approximate surface area is 75.6 Å². The minimum atomic E-state index is -0.579. The summed E-state index contributed by atoms with van der Waals surface area (Å²) in [6, 6.07) is 0. The molecule has 0 saturated heterocycles. The smallest absolute Gasteiger partial charge is 0.338 e. The molecule has 0 aromatic heterocycles. The first-order valence-corrected chi connectivity index (χ1v) is 3.86. The third-order valence-electron chi connectivity index (χ3n) is 1.12. The van der Waals surface area contributed by atoms with Crippen molar-refractivity contribution < 1.29 is 24.5 Å². The van der Waals surface area contributed by atoms with Crippen molar-refractivity contribution in [3.05, 3.63) is 12.2 Å². The third kappa shape index (κ3) is 7.17. The average Bonchev–Trinajstić information content (AvgIpc) is 2.47. The van der Waals surface area contributed by atoms with Gasteiger partial charge in [0.25, 0.3) is 0 Å². The molecule has 5 nitrogen and oxygen atoms in total. The standard InChI is InChI=1S/C4H2O3.C4H10O2/c5-3-1-2-4(6)7-3;5-3-1-2-4-6/h1-2H;5-6H,1-4H2. The lowest BCUT2D eigenvalue weighted by atomic mass is 10.3. The SMILES string of the molecule is O=C1C=CC(=O)O1.OCCCCO. The second-order valence-corrected chi connectivity index (χ2v) is 2.23. The van der Waals surface area contributed by atoms with Gasteiger partial charge in [-0.25, -0.2) is 9.59 Å². The molecule has 13 heavy (non-hydrogen) atoms. The van der Waals surface area contributed by atoms with Gasteiger partial charge >= 0.3 is 11.9 Å². The van der Waals surface area contributed by atoms with Crippen molar-refractivity contribution in [1.82, 2.24) is 0 Å². The van der Waals surface area contributed by atoms with Crippen molar-refractivity contribution in [3.63, 3.8) is 0 Å². The van der Waals surface area contributed by atoms with Crippen LogP contribution in [0.15, 0.2) is 12.2 Å². The second-order valence-electron chi connectivity index (χ2n) is 2.23. The fourth-order valence-electron chi connectivity index (χ4n) is 0.527. The van der Waals surface area contributed by atoms with E-state index in [1.165, 1.54) is 0 Å². The molecule has 1 heterocycles. The fourth-order valence-corrected chi connectivity index (χ4v) is 0.527. The maximum absolute atomic E-state index is 9.92. The molecule has 0 fully saturated rings. The molecule has 2 N–H and O–H groups in total. The van der Waals surface area contributed by atoms with Crippen LogP contribution >= 0.6 is 0 Å². The summed E-state index contributed by atoms with van der Waals surface area (Å²) in [5.74, 6) is -1.16. The minimum Gasteiger partial charge on any atom is -0.396 e. The molecule has 0 radical (unpaired) electrons. The maximum atomic E-state index is 9.92. The molecule has 0 amide bonds. The van der Waals surface area contributed by atoms with Crippen LogP contribution in [0.25, 0.3) is 0 Å². The van der Waals surface area contributed by atoms with E-state index < -0.39 is 11.9 Å². The molecule has 0 spiro atoms. The van der Waals surface area contributed by atoms with E-state index in [1.807, 2.05) is 0 Å². The molecular formula is C8H12O5. The Morgan fingerprint density at radius 1 is 1.00 bits per heavy atom. The summed E-state index contributed by atoms with van der Waals surface area (Å²) in [5.41, 5.74) is 0. The molecule has 1 aliphatic rings. The highest BCUT2D eigenvalue weighted by atomic mass is 16.6. The van der Waals surface area contributed by atoms with E-state index in [-0.39, 0.29) is 13.2 Å². The van der Waals surface area contributed by atoms with E-state index in [4.69, 9.17) is 10.2 Å². The van der Waals surface area contributed by atoms with Gasteiger partial charge in [-0.05, 0) is 12.8 Å². The van der Waals surface area contributed by atoms with Crippen molar-refractivity contribution in [2.45, 2.75) is 12.8 Å². The highest BCUT2D eigenvalue weighted by Crippen LogP contribution is 1.92. The summed E-state index contributed by atoms with van der Waals surface area (Å²) < 4.78 is 3.97. The van der Waals surface area contributed by atoms with Gasteiger partial charge in [0.05, 0.1) is 0 Å². The number of unbranched alkanes of at least 4 members (excludes halogenated alkanes) is 1. The summed E-state index contributed by atoms with van der Waals surface area (Å²) in [5, 5.41) is 16.2. The molecule has 0 bridgehead atoms. The Morgan fingerprint density at radius 2 is 1.38 bits per heavy atom. The summed E-state index contributed by atoms with van der Waals surface area (Å²) in [4.78, 5) is 19.8. The lowest BCUT2D eigenvalue weighted by Crippen LogP contribution is -1.96. The Hall–Kier alpha value is -1.20. The van der Waals surface area contributed by atoms with Gasteiger partial charge in [0.15, 0.2) is 0 Å². The zero-order chi connectivity index (χ0) is 10.1. The van der Waals surface area contributed by atoms with Gasteiger partial charge in [0.2, 0.25) is 0 Å². The van der Waals surface area contributed by atoms with Crippen LogP contribution in [-0.2, 0) is 14.3 Å². The second kappa shape index (κ2) is 7.45. The quantitative estimate of drug-likeness (QED) is 0.350. The summed E-state index contributed by atoms with van der Waals surface area (Å²) in [6.07, 6.45) is 3.61. The van der Waals surface area contributed by atoms with E-state index in [0.717, 1.165) is 25.0 Å². The van der Waals surface area contributed by atoms with Crippen LogP contribution < -0.4 is 0 Å². The van der Waals surface area contributed by atoms with Crippen LogP contribution in [0.1, 0.15) is 12.8 Å². The number of rotatable bonds is 3. The number of esters is 2. The first-order chi connectivity index (χ1) is 6.20. The maximum Gasteiger partial charge on any atom is 0.338 e. The lowest BCUT2D eigenvalue weighted by molar-refractivity contribution is -0.150. The lowest BCUT2D eigenvalue weighted by Gasteiger charge is -1.85. The topological polar surface area (TPSA) is 83.8 Å². The van der Waals surface area contributed by atoms with Crippen molar-refractivity contribution >= 4 is 11.9 Å². The zero-order valence-corrected chi connectivity index (χ0v) is 7.10. The van der Waals surface area contributed by atoms with Gasteiger partial charge < -0.3 is 14.9 Å². The highest BCUT2D eigenvalue weighted by molar-refractivity contribution is 6.04. The number of carbonyl (C=O) groups excluding carboxylic acids is 2. The molecule has 0 unspecified atom stereocenters. The van der Waals surface area contributed by atoms with Gasteiger partial charge in [0.1, 0.15) is 0 Å². The van der Waals surface area contributed by atoms with Crippen molar-refractivity contribution in [2.75, 3.05) is 13.2 Å². The highest BCUT2D eigenvalue weighted by Gasteiger charge is 2.10. The minimum absolute atomic E-state index is 0.195. The van der Waals surface area contributed by atoms with E-state index in [9.17, 15) is 9.59 Å². The largest absolute Gasteiger partial charge is 0.396 e. The first-order valence-electron chi connectivity index (χ1n) is 3.86. The molecule has 0 aliphatic carbocycles. The predicted octanol–water partition coefficient (Wildman–Crippen LogP) is -0.623. The van der Waals surface area contributed by atoms with Crippen LogP contribution in [0.5, 0.6) is 0 Å². The van der Waals surface area contributed by atoms with Crippen LogP contribution in [0.2, 0.25) is 0 Å². The van der Waals surface area contributed by atoms with E-state index in [1.54, 1.807) is 0 Å². The molecule has 0 atom stereocenters. The normalized spacial score (nSPS) is 13.7. The van der Waals surface area contributed by atoms with Crippen molar-refractivity contribution in [2.24, 2.45) is 0 Å². The molecule has 1 rings (SSSR count).